The highest BCUT2D eigenvalue weighted by Crippen LogP contribution is 2.41. The maximum atomic E-state index is 12.3. The van der Waals surface area contributed by atoms with Crippen LogP contribution < -0.4 is 15.6 Å². The van der Waals surface area contributed by atoms with Crippen molar-refractivity contribution in [3.8, 4) is 11.8 Å². The Morgan fingerprint density at radius 1 is 1.11 bits per heavy atom. The summed E-state index contributed by atoms with van der Waals surface area (Å²) >= 11 is 19.5. The number of rotatable bonds is 4. The fourth-order valence-electron chi connectivity index (χ4n) is 2.25. The molecule has 1 aromatic heterocycles. The molecule has 0 aliphatic rings. The molecule has 0 saturated heterocycles. The average Bonchev–Trinajstić information content (AvgIpc) is 3.01. The molecule has 10 heteroatoms. The van der Waals surface area contributed by atoms with Crippen molar-refractivity contribution in [2.45, 2.75) is 0 Å². The second kappa shape index (κ2) is 8.67. The fourth-order valence-corrected chi connectivity index (χ4v) is 4.53. The van der Waals surface area contributed by atoms with Crippen molar-refractivity contribution in [1.29, 1.82) is 5.26 Å². The molecule has 2 amide bonds. The summed E-state index contributed by atoms with van der Waals surface area (Å²) in [6, 6.07) is 11.4. The smallest absolute Gasteiger partial charge is 0.281 e. The number of carbonyl (C=O) groups excluding carboxylic acids is 2. The van der Waals surface area contributed by atoms with E-state index in [9.17, 15) is 9.59 Å². The quantitative estimate of drug-likeness (QED) is 0.565. The van der Waals surface area contributed by atoms with Crippen LogP contribution in [0.1, 0.15) is 15.2 Å². The minimum Gasteiger partial charge on any atom is -0.484 e. The summed E-state index contributed by atoms with van der Waals surface area (Å²) in [6.45, 7) is -0.326. The van der Waals surface area contributed by atoms with Crippen molar-refractivity contribution in [2.75, 3.05) is 6.61 Å². The number of hydrogen-bond acceptors (Lipinski definition) is 5. The first-order chi connectivity index (χ1) is 13.4. The Bertz CT molecular complexity index is 1110. The van der Waals surface area contributed by atoms with Gasteiger partial charge in [-0.05, 0) is 36.4 Å². The lowest BCUT2D eigenvalue weighted by atomic mass is 10.2. The minimum atomic E-state index is -0.592. The number of nitriles is 1. The van der Waals surface area contributed by atoms with Gasteiger partial charge in [0.15, 0.2) is 6.61 Å². The number of hydrazine groups is 1. The van der Waals surface area contributed by atoms with E-state index in [1.165, 1.54) is 6.07 Å². The Hall–Kier alpha value is -2.50. The summed E-state index contributed by atoms with van der Waals surface area (Å²) in [6.07, 6.45) is 0. The van der Waals surface area contributed by atoms with Gasteiger partial charge in [-0.15, -0.1) is 11.3 Å². The maximum absolute atomic E-state index is 12.3. The van der Waals surface area contributed by atoms with Gasteiger partial charge in [0.1, 0.15) is 10.6 Å². The van der Waals surface area contributed by atoms with Gasteiger partial charge >= 0.3 is 0 Å². The van der Waals surface area contributed by atoms with Crippen molar-refractivity contribution in [3.63, 3.8) is 0 Å². The molecule has 0 bridgehead atoms. The molecule has 1 heterocycles. The number of ether oxygens (including phenoxy) is 1. The first-order valence-corrected chi connectivity index (χ1v) is 9.63. The first kappa shape index (κ1) is 20.2. The third kappa shape index (κ3) is 4.49. The SMILES string of the molecule is N#Cc1ccc(OCC(=O)NNC(=O)c2sc3cc(Cl)cc(Cl)c3c2Cl)cc1. The predicted octanol–water partition coefficient (Wildman–Crippen LogP) is 4.57. The number of benzene rings is 2. The Morgan fingerprint density at radius 2 is 1.82 bits per heavy atom. The molecule has 0 aliphatic carbocycles. The second-order valence-electron chi connectivity index (χ2n) is 5.43. The third-order valence-corrected chi connectivity index (χ3v) is 5.67. The first-order valence-electron chi connectivity index (χ1n) is 7.68. The molecule has 142 valence electrons. The van der Waals surface area contributed by atoms with E-state index in [0.29, 0.717) is 31.4 Å². The number of halogens is 3. The zero-order valence-corrected chi connectivity index (χ0v) is 17.0. The van der Waals surface area contributed by atoms with Gasteiger partial charge in [-0.1, -0.05) is 34.8 Å². The van der Waals surface area contributed by atoms with Crippen molar-refractivity contribution >= 4 is 68.0 Å². The summed E-state index contributed by atoms with van der Waals surface area (Å²) < 4.78 is 5.93. The topological polar surface area (TPSA) is 91.2 Å². The summed E-state index contributed by atoms with van der Waals surface area (Å²) in [5.74, 6) is -0.749. The van der Waals surface area contributed by atoms with E-state index in [1.807, 2.05) is 6.07 Å². The van der Waals surface area contributed by atoms with Crippen LogP contribution in [-0.4, -0.2) is 18.4 Å². The van der Waals surface area contributed by atoms with Gasteiger partial charge in [-0.2, -0.15) is 5.26 Å². The molecule has 0 spiro atoms. The minimum absolute atomic E-state index is 0.183. The summed E-state index contributed by atoms with van der Waals surface area (Å²) in [7, 11) is 0. The van der Waals surface area contributed by atoms with Crippen molar-refractivity contribution in [3.05, 3.63) is 61.9 Å². The van der Waals surface area contributed by atoms with Gasteiger partial charge in [-0.3, -0.25) is 20.4 Å². The second-order valence-corrected chi connectivity index (χ2v) is 7.71. The highest BCUT2D eigenvalue weighted by molar-refractivity contribution is 7.21. The maximum Gasteiger partial charge on any atom is 0.281 e. The van der Waals surface area contributed by atoms with E-state index < -0.39 is 11.8 Å². The molecule has 0 radical (unpaired) electrons. The van der Waals surface area contributed by atoms with Crippen molar-refractivity contribution in [1.82, 2.24) is 10.9 Å². The summed E-state index contributed by atoms with van der Waals surface area (Å²) in [5.41, 5.74) is 5.00. The molecular weight excluding hydrogens is 445 g/mol. The fraction of sp³-hybridized carbons (Fsp3) is 0.0556. The number of nitrogens with one attached hydrogen (secondary N) is 2. The van der Waals surface area contributed by atoms with Crippen LogP contribution >= 0.6 is 46.1 Å². The average molecular weight is 455 g/mol. The van der Waals surface area contributed by atoms with Crippen LogP contribution in [0, 0.1) is 11.3 Å². The predicted molar refractivity (Wildman–Crippen MR) is 109 cm³/mol. The molecule has 3 rings (SSSR count). The lowest BCUT2D eigenvalue weighted by Gasteiger charge is -2.08. The van der Waals surface area contributed by atoms with Gasteiger partial charge in [0, 0.05) is 15.1 Å². The summed E-state index contributed by atoms with van der Waals surface area (Å²) in [5, 5.41) is 10.2. The molecular formula is C18H10Cl3N3O3S. The van der Waals surface area contributed by atoms with Crippen molar-refractivity contribution in [2.24, 2.45) is 0 Å². The number of fused-ring (bicyclic) bond motifs is 1. The van der Waals surface area contributed by atoms with E-state index >= 15 is 0 Å². The van der Waals surface area contributed by atoms with Gasteiger partial charge in [0.2, 0.25) is 0 Å². The molecule has 2 aromatic carbocycles. The van der Waals surface area contributed by atoms with E-state index in [2.05, 4.69) is 10.9 Å². The molecule has 0 unspecified atom stereocenters. The van der Waals surface area contributed by atoms with E-state index in [0.717, 1.165) is 11.3 Å². The van der Waals surface area contributed by atoms with Crippen LogP contribution in [0.15, 0.2) is 36.4 Å². The van der Waals surface area contributed by atoms with Crippen LogP contribution in [0.5, 0.6) is 5.75 Å². The molecule has 6 nitrogen and oxygen atoms in total. The normalized spacial score (nSPS) is 10.4. The van der Waals surface area contributed by atoms with Gasteiger partial charge in [0.25, 0.3) is 11.8 Å². The Labute approximate surface area is 178 Å². The van der Waals surface area contributed by atoms with Gasteiger partial charge in [-0.25, -0.2) is 0 Å². The number of hydrogen-bond donors (Lipinski definition) is 2. The molecule has 0 atom stereocenters. The van der Waals surface area contributed by atoms with E-state index in [4.69, 9.17) is 44.8 Å². The Balaban J connectivity index is 1.60. The van der Waals surface area contributed by atoms with Crippen LogP contribution in [0.3, 0.4) is 0 Å². The standard InChI is InChI=1S/C18H10Cl3N3O3S/c19-10-5-12(20)15-13(6-10)28-17(16(15)21)18(26)24-23-14(25)8-27-11-3-1-9(7-22)2-4-11/h1-6H,8H2,(H,23,25)(H,24,26). The van der Waals surface area contributed by atoms with E-state index in [-0.39, 0.29) is 16.5 Å². The molecule has 2 N–H and O–H groups in total. The number of nitrogens with zero attached hydrogens (tertiary/aromatic N) is 1. The number of amides is 2. The monoisotopic (exact) mass is 453 g/mol. The van der Waals surface area contributed by atoms with Crippen LogP contribution in [0.4, 0.5) is 0 Å². The highest BCUT2D eigenvalue weighted by atomic mass is 35.5. The number of thiophene rings is 1. The lowest BCUT2D eigenvalue weighted by Crippen LogP contribution is -2.43. The Morgan fingerprint density at radius 3 is 2.50 bits per heavy atom. The van der Waals surface area contributed by atoms with Gasteiger partial charge < -0.3 is 4.74 Å². The van der Waals surface area contributed by atoms with Crippen molar-refractivity contribution < 1.29 is 14.3 Å². The third-order valence-electron chi connectivity index (χ3n) is 3.52. The lowest BCUT2D eigenvalue weighted by molar-refractivity contribution is -0.123. The Kier molecular flexibility index (Phi) is 6.27. The molecule has 0 aliphatic heterocycles. The zero-order chi connectivity index (χ0) is 20.3. The molecule has 0 saturated carbocycles. The molecule has 28 heavy (non-hydrogen) atoms. The molecule has 0 fully saturated rings. The molecule has 3 aromatic rings. The largest absolute Gasteiger partial charge is 0.484 e. The summed E-state index contributed by atoms with van der Waals surface area (Å²) in [4.78, 5) is 24.4. The van der Waals surface area contributed by atoms with Crippen LogP contribution in [-0.2, 0) is 4.79 Å². The van der Waals surface area contributed by atoms with Gasteiger partial charge in [0.05, 0.1) is 21.7 Å². The highest BCUT2D eigenvalue weighted by Gasteiger charge is 2.20. The van der Waals surface area contributed by atoms with Crippen LogP contribution in [0.25, 0.3) is 10.1 Å². The number of carbonyl (C=O) groups is 2. The zero-order valence-electron chi connectivity index (χ0n) is 13.9. The van der Waals surface area contributed by atoms with Crippen LogP contribution in [0.2, 0.25) is 15.1 Å². The van der Waals surface area contributed by atoms with E-state index in [1.54, 1.807) is 30.3 Å².